The number of nitrogens with one attached hydrogen (secondary N) is 1. The average molecular weight is 348 g/mol. The molecule has 2 rings (SSSR count). The number of amides is 2. The number of carbonyl (C=O) groups is 3. The summed E-state index contributed by atoms with van der Waals surface area (Å²) in [4.78, 5) is 35.4. The number of carbonyl (C=O) groups excluding carboxylic acids is 3. The molecule has 0 saturated carbocycles. The Kier molecular flexibility index (Phi) is 5.54. The molecule has 3 N–H and O–H groups in total. The second kappa shape index (κ2) is 7.60. The number of hydrogen-bond acceptors (Lipinski definition) is 6. The Labute approximate surface area is 142 Å². The SMILES string of the molecule is COc1ccc(C(=O)O[C@H](C)C(=O)Nc2sccc2C(N)=O)cc1. The fourth-order valence-corrected chi connectivity index (χ4v) is 2.62. The summed E-state index contributed by atoms with van der Waals surface area (Å²) in [7, 11) is 1.52. The van der Waals surface area contributed by atoms with Crippen LogP contribution in [0.5, 0.6) is 5.75 Å². The maximum atomic E-state index is 12.1. The van der Waals surface area contributed by atoms with E-state index < -0.39 is 23.9 Å². The van der Waals surface area contributed by atoms with Gasteiger partial charge < -0.3 is 20.5 Å². The standard InChI is InChI=1S/C16H16N2O5S/c1-9(14(20)18-15-12(13(17)19)7-8-24-15)23-16(21)10-3-5-11(22-2)6-4-10/h3-9H,1-2H3,(H2,17,19)(H,18,20)/t9-/m1/s1. The van der Waals surface area contributed by atoms with Crippen molar-refractivity contribution in [3.8, 4) is 5.75 Å². The Morgan fingerprint density at radius 2 is 1.83 bits per heavy atom. The van der Waals surface area contributed by atoms with Gasteiger partial charge in [0.15, 0.2) is 6.10 Å². The highest BCUT2D eigenvalue weighted by molar-refractivity contribution is 7.14. The zero-order chi connectivity index (χ0) is 17.7. The third-order valence-corrected chi connectivity index (χ3v) is 3.98. The summed E-state index contributed by atoms with van der Waals surface area (Å²) >= 11 is 1.16. The van der Waals surface area contributed by atoms with E-state index in [9.17, 15) is 14.4 Å². The topological polar surface area (TPSA) is 108 Å². The first-order valence-electron chi connectivity index (χ1n) is 6.95. The second-order valence-corrected chi connectivity index (χ2v) is 5.71. The highest BCUT2D eigenvalue weighted by Gasteiger charge is 2.21. The highest BCUT2D eigenvalue weighted by Crippen LogP contribution is 2.23. The Balaban J connectivity index is 1.98. The van der Waals surface area contributed by atoms with Crippen molar-refractivity contribution in [2.24, 2.45) is 5.73 Å². The minimum atomic E-state index is -1.04. The number of primary amides is 1. The van der Waals surface area contributed by atoms with Gasteiger partial charge in [-0.05, 0) is 42.6 Å². The van der Waals surface area contributed by atoms with Crippen LogP contribution in [0.25, 0.3) is 0 Å². The average Bonchev–Trinajstić information content (AvgIpc) is 3.03. The largest absolute Gasteiger partial charge is 0.497 e. The van der Waals surface area contributed by atoms with E-state index in [2.05, 4.69) is 5.32 Å². The summed E-state index contributed by atoms with van der Waals surface area (Å²) in [5, 5.41) is 4.48. The fourth-order valence-electron chi connectivity index (χ4n) is 1.82. The van der Waals surface area contributed by atoms with Gasteiger partial charge in [-0.2, -0.15) is 0 Å². The number of anilines is 1. The van der Waals surface area contributed by atoms with Crippen molar-refractivity contribution in [3.05, 3.63) is 46.8 Å². The van der Waals surface area contributed by atoms with Crippen LogP contribution in [0.3, 0.4) is 0 Å². The van der Waals surface area contributed by atoms with Gasteiger partial charge in [0.2, 0.25) is 0 Å². The first-order valence-corrected chi connectivity index (χ1v) is 7.83. The van der Waals surface area contributed by atoms with Crippen LogP contribution >= 0.6 is 11.3 Å². The van der Waals surface area contributed by atoms with Gasteiger partial charge in [-0.15, -0.1) is 11.3 Å². The molecular formula is C16H16N2O5S. The molecule has 0 fully saturated rings. The molecule has 1 atom stereocenters. The number of ether oxygens (including phenoxy) is 2. The van der Waals surface area contributed by atoms with Gasteiger partial charge in [0, 0.05) is 0 Å². The third-order valence-electron chi connectivity index (χ3n) is 3.15. The minimum absolute atomic E-state index is 0.210. The molecule has 0 aliphatic heterocycles. The van der Waals surface area contributed by atoms with Gasteiger partial charge in [0.05, 0.1) is 18.2 Å². The van der Waals surface area contributed by atoms with E-state index in [1.807, 2.05) is 0 Å². The van der Waals surface area contributed by atoms with Gasteiger partial charge >= 0.3 is 5.97 Å². The lowest BCUT2D eigenvalue weighted by atomic mass is 10.2. The first kappa shape index (κ1) is 17.5. The molecule has 0 saturated heterocycles. The highest BCUT2D eigenvalue weighted by atomic mass is 32.1. The van der Waals surface area contributed by atoms with Crippen LogP contribution in [-0.2, 0) is 9.53 Å². The lowest BCUT2D eigenvalue weighted by molar-refractivity contribution is -0.123. The lowest BCUT2D eigenvalue weighted by Gasteiger charge is -2.13. The first-order chi connectivity index (χ1) is 11.4. The van der Waals surface area contributed by atoms with Crippen LogP contribution in [0.2, 0.25) is 0 Å². The molecule has 24 heavy (non-hydrogen) atoms. The molecule has 0 radical (unpaired) electrons. The van der Waals surface area contributed by atoms with Crippen LogP contribution in [0.4, 0.5) is 5.00 Å². The Bertz CT molecular complexity index is 754. The van der Waals surface area contributed by atoms with Crippen molar-refractivity contribution in [3.63, 3.8) is 0 Å². The van der Waals surface area contributed by atoms with Crippen LogP contribution in [-0.4, -0.2) is 31.0 Å². The van der Waals surface area contributed by atoms with E-state index in [-0.39, 0.29) is 5.56 Å². The molecule has 0 bridgehead atoms. The summed E-state index contributed by atoms with van der Waals surface area (Å²) in [6.07, 6.45) is -1.04. The van der Waals surface area contributed by atoms with E-state index in [1.54, 1.807) is 17.5 Å². The molecule has 8 heteroatoms. The van der Waals surface area contributed by atoms with Gasteiger partial charge in [-0.3, -0.25) is 9.59 Å². The molecule has 1 aromatic carbocycles. The number of methoxy groups -OCH3 is 1. The monoisotopic (exact) mass is 348 g/mol. The van der Waals surface area contributed by atoms with Gasteiger partial charge in [0.25, 0.3) is 11.8 Å². The summed E-state index contributed by atoms with van der Waals surface area (Å²) in [5.74, 6) is -1.23. The van der Waals surface area contributed by atoms with E-state index >= 15 is 0 Å². The van der Waals surface area contributed by atoms with Crippen molar-refractivity contribution in [2.75, 3.05) is 12.4 Å². The maximum Gasteiger partial charge on any atom is 0.338 e. The number of hydrogen-bond donors (Lipinski definition) is 2. The molecule has 2 amide bonds. The quantitative estimate of drug-likeness (QED) is 0.777. The normalized spacial score (nSPS) is 11.4. The zero-order valence-corrected chi connectivity index (χ0v) is 13.9. The molecule has 0 spiro atoms. The van der Waals surface area contributed by atoms with Gasteiger partial charge in [0.1, 0.15) is 10.8 Å². The van der Waals surface area contributed by atoms with E-state index in [0.29, 0.717) is 16.3 Å². The molecule has 126 valence electrons. The fraction of sp³-hybridized carbons (Fsp3) is 0.188. The smallest absolute Gasteiger partial charge is 0.338 e. The van der Waals surface area contributed by atoms with Crippen LogP contribution in [0.15, 0.2) is 35.7 Å². The maximum absolute atomic E-state index is 12.1. The molecular weight excluding hydrogens is 332 g/mol. The third kappa shape index (κ3) is 4.11. The molecule has 1 heterocycles. The van der Waals surface area contributed by atoms with Crippen molar-refractivity contribution in [2.45, 2.75) is 13.0 Å². The molecule has 2 aromatic rings. The van der Waals surface area contributed by atoms with Crippen LogP contribution in [0, 0.1) is 0 Å². The van der Waals surface area contributed by atoms with Gasteiger partial charge in [-0.25, -0.2) is 4.79 Å². The van der Waals surface area contributed by atoms with Crippen molar-refractivity contribution >= 4 is 34.1 Å². The van der Waals surface area contributed by atoms with E-state index in [1.165, 1.54) is 32.2 Å². The summed E-state index contributed by atoms with van der Waals surface area (Å²) < 4.78 is 10.1. The van der Waals surface area contributed by atoms with Crippen LogP contribution in [0.1, 0.15) is 27.6 Å². The second-order valence-electron chi connectivity index (χ2n) is 4.79. The number of rotatable bonds is 6. The minimum Gasteiger partial charge on any atom is -0.497 e. The number of esters is 1. The Morgan fingerprint density at radius 1 is 1.17 bits per heavy atom. The Morgan fingerprint density at radius 3 is 2.42 bits per heavy atom. The molecule has 1 aromatic heterocycles. The van der Waals surface area contributed by atoms with E-state index in [0.717, 1.165) is 11.3 Å². The van der Waals surface area contributed by atoms with Crippen molar-refractivity contribution in [1.29, 1.82) is 0 Å². The lowest BCUT2D eigenvalue weighted by Crippen LogP contribution is -2.30. The van der Waals surface area contributed by atoms with Crippen molar-refractivity contribution in [1.82, 2.24) is 0 Å². The molecule has 0 unspecified atom stereocenters. The summed E-state index contributed by atoms with van der Waals surface area (Å²) in [6.45, 7) is 1.44. The van der Waals surface area contributed by atoms with Gasteiger partial charge in [-0.1, -0.05) is 0 Å². The van der Waals surface area contributed by atoms with E-state index in [4.69, 9.17) is 15.2 Å². The number of nitrogens with two attached hydrogens (primary N) is 1. The summed E-state index contributed by atoms with van der Waals surface area (Å²) in [5.41, 5.74) is 5.72. The predicted molar refractivity (Wildman–Crippen MR) is 89.3 cm³/mol. The zero-order valence-electron chi connectivity index (χ0n) is 13.1. The summed E-state index contributed by atoms with van der Waals surface area (Å²) in [6, 6.07) is 7.82. The number of thiophene rings is 1. The predicted octanol–water partition coefficient (Wildman–Crippen LogP) is 2.04. The molecule has 0 aliphatic rings. The Hall–Kier alpha value is -2.87. The number of benzene rings is 1. The molecule has 7 nitrogen and oxygen atoms in total. The van der Waals surface area contributed by atoms with Crippen molar-refractivity contribution < 1.29 is 23.9 Å². The molecule has 0 aliphatic carbocycles. The van der Waals surface area contributed by atoms with Crippen LogP contribution < -0.4 is 15.8 Å².